The van der Waals surface area contributed by atoms with Gasteiger partial charge in [0, 0.05) is 32.7 Å². The summed E-state index contributed by atoms with van der Waals surface area (Å²) in [4.78, 5) is 22.5. The monoisotopic (exact) mass is 466 g/mol. The van der Waals surface area contributed by atoms with Crippen LogP contribution in [0, 0.1) is 0 Å². The fraction of sp³-hybridized carbons (Fsp3) is 0. The molecule has 6 nitrogen and oxygen atoms in total. The van der Waals surface area contributed by atoms with Crippen LogP contribution in [0.4, 0.5) is 0 Å². The second-order valence-electron chi connectivity index (χ2n) is 7.21. The van der Waals surface area contributed by atoms with Crippen LogP contribution >= 0.6 is 0 Å². The quantitative estimate of drug-likeness (QED) is 0.361. The average Bonchev–Trinajstić information content (AvgIpc) is 3.37. The van der Waals surface area contributed by atoms with Gasteiger partial charge in [-0.1, -0.05) is 60.7 Å². The summed E-state index contributed by atoms with van der Waals surface area (Å²) in [6, 6.07) is 25.4. The maximum atomic E-state index is 11.2. The molecular formula is C26H16N2Na2O4. The topological polar surface area (TPSA) is 108 Å². The molecule has 156 valence electrons. The van der Waals surface area contributed by atoms with E-state index in [1.165, 1.54) is 0 Å². The molecule has 2 heterocycles. The van der Waals surface area contributed by atoms with Crippen LogP contribution in [0.15, 0.2) is 93.8 Å². The first kappa shape index (κ1) is 26.0. The third-order valence-electron chi connectivity index (χ3n) is 5.29. The normalized spacial score (nSPS) is 10.4. The van der Waals surface area contributed by atoms with Gasteiger partial charge in [-0.05, 0) is 24.3 Å². The Hall–Kier alpha value is -2.58. The Bertz CT molecular complexity index is 1530. The molecule has 2 aromatic heterocycles. The summed E-state index contributed by atoms with van der Waals surface area (Å²) in [5.74, 6) is -1.37. The smallest absolute Gasteiger partial charge is 0.664 e. The van der Waals surface area contributed by atoms with Gasteiger partial charge in [0.25, 0.3) is 0 Å². The van der Waals surface area contributed by atoms with Gasteiger partial charge in [-0.3, -0.25) is 0 Å². The first-order valence-electron chi connectivity index (χ1n) is 9.87. The van der Waals surface area contributed by atoms with E-state index in [-0.39, 0.29) is 59.1 Å². The fourth-order valence-electron chi connectivity index (χ4n) is 3.93. The molecular weight excluding hydrogens is 450 g/mol. The van der Waals surface area contributed by atoms with E-state index in [4.69, 9.17) is 20.3 Å². The van der Waals surface area contributed by atoms with Crippen LogP contribution in [0.5, 0.6) is 0 Å². The number of hydrogen-bond donors (Lipinski definition) is 0. The minimum atomic E-state index is -0.683. The molecule has 6 aromatic rings. The van der Waals surface area contributed by atoms with Crippen LogP contribution in [0.3, 0.4) is 0 Å². The van der Waals surface area contributed by atoms with E-state index in [1.807, 2.05) is 60.7 Å². The second-order valence-corrected chi connectivity index (χ2v) is 7.21. The van der Waals surface area contributed by atoms with Gasteiger partial charge >= 0.3 is 59.1 Å². The number of carbonyl (C=O) groups is 2. The first-order chi connectivity index (χ1) is 15.5. The van der Waals surface area contributed by atoms with E-state index < -0.39 is 11.8 Å². The Labute approximate surface area is 238 Å². The summed E-state index contributed by atoms with van der Waals surface area (Å²) in [6.07, 6.45) is 0. The predicted octanol–water partition coefficient (Wildman–Crippen LogP) is 1.56. The molecule has 0 saturated heterocycles. The summed E-state index contributed by atoms with van der Waals surface area (Å²) in [5.41, 5.74) is 18.0. The number of amides is 2. The maximum Gasteiger partial charge on any atom is 1.00 e. The van der Waals surface area contributed by atoms with Crippen molar-refractivity contribution in [3.63, 3.8) is 0 Å². The van der Waals surface area contributed by atoms with Crippen molar-refractivity contribution >= 4 is 55.7 Å². The number of furan rings is 2. The van der Waals surface area contributed by atoms with E-state index in [2.05, 4.69) is 0 Å². The van der Waals surface area contributed by atoms with Crippen LogP contribution in [0.1, 0.15) is 20.7 Å². The van der Waals surface area contributed by atoms with Crippen molar-refractivity contribution in [2.45, 2.75) is 0 Å². The fourth-order valence-corrected chi connectivity index (χ4v) is 3.93. The zero-order chi connectivity index (χ0) is 22.2. The minimum absolute atomic E-state index is 0. The second kappa shape index (κ2) is 10.8. The van der Waals surface area contributed by atoms with Crippen molar-refractivity contribution in [2.75, 3.05) is 0 Å². The van der Waals surface area contributed by atoms with Gasteiger partial charge in [-0.25, -0.2) is 0 Å². The maximum absolute atomic E-state index is 11.2. The average molecular weight is 466 g/mol. The molecule has 34 heavy (non-hydrogen) atoms. The summed E-state index contributed by atoms with van der Waals surface area (Å²) in [7, 11) is 0. The van der Waals surface area contributed by atoms with E-state index in [0.717, 1.165) is 32.7 Å². The number of carbonyl (C=O) groups excluding carboxylic acids is 2. The van der Waals surface area contributed by atoms with Crippen LogP contribution in [-0.2, 0) is 0 Å². The molecule has 6 rings (SSSR count). The van der Waals surface area contributed by atoms with E-state index in [1.54, 1.807) is 24.3 Å². The minimum Gasteiger partial charge on any atom is -0.664 e. The van der Waals surface area contributed by atoms with Crippen LogP contribution in [-0.4, -0.2) is 11.8 Å². The van der Waals surface area contributed by atoms with Crippen molar-refractivity contribution < 1.29 is 77.5 Å². The number of rotatable bonds is 2. The molecule has 0 spiro atoms. The SMILES string of the molecule is [NH-]C(=O)c1cccc2oc3ccccc3c12.[NH-]C(=O)c1cccc2oc3ccccc3c12.[Na+].[Na+]. The summed E-state index contributed by atoms with van der Waals surface area (Å²) < 4.78 is 11.2. The first-order valence-corrected chi connectivity index (χ1v) is 9.87. The largest absolute Gasteiger partial charge is 1.00 e. The molecule has 0 atom stereocenters. The van der Waals surface area contributed by atoms with E-state index >= 15 is 0 Å². The van der Waals surface area contributed by atoms with Crippen molar-refractivity contribution in [2.24, 2.45) is 0 Å². The Morgan fingerprint density at radius 1 is 0.500 bits per heavy atom. The van der Waals surface area contributed by atoms with Gasteiger partial charge in [-0.15, -0.1) is 0 Å². The molecule has 4 aromatic carbocycles. The van der Waals surface area contributed by atoms with Gasteiger partial charge in [0.1, 0.15) is 22.3 Å². The van der Waals surface area contributed by atoms with Crippen LogP contribution in [0.25, 0.3) is 55.3 Å². The summed E-state index contributed by atoms with van der Waals surface area (Å²) in [6.45, 7) is 0. The third kappa shape index (κ3) is 4.66. The third-order valence-corrected chi connectivity index (χ3v) is 5.29. The molecule has 2 N–H and O–H groups in total. The molecule has 0 radical (unpaired) electrons. The Morgan fingerprint density at radius 2 is 0.853 bits per heavy atom. The summed E-state index contributed by atoms with van der Waals surface area (Å²) in [5, 5.41) is 3.23. The zero-order valence-electron chi connectivity index (χ0n) is 18.7. The van der Waals surface area contributed by atoms with Crippen molar-refractivity contribution in [3.05, 3.63) is 108 Å². The molecule has 0 unspecified atom stereocenters. The Balaban J connectivity index is 0.000000180. The molecule has 8 heteroatoms. The van der Waals surface area contributed by atoms with Gasteiger partial charge in [0.15, 0.2) is 0 Å². The Kier molecular flexibility index (Phi) is 8.25. The van der Waals surface area contributed by atoms with Crippen molar-refractivity contribution in [1.29, 1.82) is 0 Å². The van der Waals surface area contributed by atoms with Crippen LogP contribution in [0.2, 0.25) is 0 Å². The van der Waals surface area contributed by atoms with Crippen molar-refractivity contribution in [3.8, 4) is 0 Å². The number of hydrogen-bond acceptors (Lipinski definition) is 4. The van der Waals surface area contributed by atoms with E-state index in [9.17, 15) is 9.59 Å². The molecule has 0 aliphatic carbocycles. The number of para-hydroxylation sites is 2. The van der Waals surface area contributed by atoms with Crippen molar-refractivity contribution in [1.82, 2.24) is 0 Å². The number of benzene rings is 4. The molecule has 0 saturated carbocycles. The van der Waals surface area contributed by atoms with Gasteiger partial charge in [0.2, 0.25) is 0 Å². The van der Waals surface area contributed by atoms with Crippen LogP contribution < -0.4 is 59.1 Å². The molecule has 0 aliphatic rings. The van der Waals surface area contributed by atoms with E-state index in [0.29, 0.717) is 22.3 Å². The summed E-state index contributed by atoms with van der Waals surface area (Å²) >= 11 is 0. The Morgan fingerprint density at radius 3 is 1.24 bits per heavy atom. The standard InChI is InChI=1S/2C13H9NO2.2Na/c2*14-13(15)9-5-3-7-11-12(9)8-4-1-2-6-10(8)16-11;;/h2*1-7H,(H2,14,15);;/q;;2*+1/p-2. The van der Waals surface area contributed by atoms with Gasteiger partial charge in [-0.2, -0.15) is 0 Å². The molecule has 2 amide bonds. The molecule has 0 fully saturated rings. The predicted molar refractivity (Wildman–Crippen MR) is 125 cm³/mol. The zero-order valence-corrected chi connectivity index (χ0v) is 22.7. The number of fused-ring (bicyclic) bond motifs is 6. The van der Waals surface area contributed by atoms with Gasteiger partial charge < -0.3 is 29.9 Å². The molecule has 0 aliphatic heterocycles. The molecule has 0 bridgehead atoms. The number of nitrogens with one attached hydrogen (secondary N) is 2. The van der Waals surface area contributed by atoms with Gasteiger partial charge in [0.05, 0.1) is 11.8 Å².